The number of pyridine rings is 1. The number of rotatable bonds is 4. The lowest BCUT2D eigenvalue weighted by molar-refractivity contribution is -0.132. The minimum atomic E-state index is 0.144. The van der Waals surface area contributed by atoms with Gasteiger partial charge in [-0.1, -0.05) is 18.2 Å². The van der Waals surface area contributed by atoms with E-state index in [4.69, 9.17) is 0 Å². The van der Waals surface area contributed by atoms with Crippen molar-refractivity contribution >= 4 is 5.91 Å². The summed E-state index contributed by atoms with van der Waals surface area (Å²) in [4.78, 5) is 21.2. The first-order valence-corrected chi connectivity index (χ1v) is 8.34. The quantitative estimate of drug-likeness (QED) is 0.937. The predicted molar refractivity (Wildman–Crippen MR) is 92.6 cm³/mol. The first kappa shape index (κ1) is 16.5. The Bertz CT molecular complexity index is 665. The molecule has 0 saturated carbocycles. The molecule has 5 nitrogen and oxygen atoms in total. The molecule has 0 bridgehead atoms. The smallest absolute Gasteiger partial charge is 0.227 e. The number of benzene rings is 1. The summed E-state index contributed by atoms with van der Waals surface area (Å²) in [5, 5.41) is 9.31. The number of amides is 1. The van der Waals surface area contributed by atoms with Crippen LogP contribution in [0.2, 0.25) is 0 Å². The molecule has 1 unspecified atom stereocenters. The van der Waals surface area contributed by atoms with Gasteiger partial charge in [-0.25, -0.2) is 0 Å². The van der Waals surface area contributed by atoms with Gasteiger partial charge in [0.25, 0.3) is 0 Å². The molecule has 5 heteroatoms. The van der Waals surface area contributed by atoms with Crippen LogP contribution in [-0.4, -0.2) is 52.0 Å². The van der Waals surface area contributed by atoms with Crippen LogP contribution in [0.25, 0.3) is 0 Å². The fourth-order valence-electron chi connectivity index (χ4n) is 3.07. The SMILES string of the molecule is CC(c1ccccn1)N1CCN(C(=O)Cc2ccc(O)cc2)CC1. The molecule has 126 valence electrons. The third-order valence-corrected chi connectivity index (χ3v) is 4.62. The molecule has 1 saturated heterocycles. The minimum Gasteiger partial charge on any atom is -0.508 e. The zero-order valence-electron chi connectivity index (χ0n) is 13.9. The molecule has 1 aromatic heterocycles. The molecule has 1 fully saturated rings. The molecule has 1 aromatic carbocycles. The maximum atomic E-state index is 12.4. The Morgan fingerprint density at radius 1 is 1.12 bits per heavy atom. The lowest BCUT2D eigenvalue weighted by Crippen LogP contribution is -2.49. The van der Waals surface area contributed by atoms with Crippen molar-refractivity contribution in [3.8, 4) is 5.75 Å². The van der Waals surface area contributed by atoms with Gasteiger partial charge in [-0.05, 0) is 36.8 Å². The number of aromatic hydroxyl groups is 1. The van der Waals surface area contributed by atoms with E-state index in [0.717, 1.165) is 37.4 Å². The highest BCUT2D eigenvalue weighted by atomic mass is 16.3. The average molecular weight is 325 g/mol. The first-order chi connectivity index (χ1) is 11.6. The Morgan fingerprint density at radius 3 is 2.46 bits per heavy atom. The fourth-order valence-corrected chi connectivity index (χ4v) is 3.07. The normalized spacial score (nSPS) is 16.8. The van der Waals surface area contributed by atoms with Crippen LogP contribution < -0.4 is 0 Å². The van der Waals surface area contributed by atoms with Gasteiger partial charge in [0, 0.05) is 38.4 Å². The van der Waals surface area contributed by atoms with Gasteiger partial charge in [-0.15, -0.1) is 0 Å². The molecule has 3 rings (SSSR count). The Labute approximate surface area is 142 Å². The van der Waals surface area contributed by atoms with Crippen molar-refractivity contribution < 1.29 is 9.90 Å². The van der Waals surface area contributed by atoms with Gasteiger partial charge in [0.05, 0.1) is 12.1 Å². The average Bonchev–Trinajstić information content (AvgIpc) is 2.64. The lowest BCUT2D eigenvalue weighted by Gasteiger charge is -2.37. The monoisotopic (exact) mass is 325 g/mol. The highest BCUT2D eigenvalue weighted by Crippen LogP contribution is 2.20. The highest BCUT2D eigenvalue weighted by Gasteiger charge is 2.25. The molecule has 24 heavy (non-hydrogen) atoms. The standard InChI is InChI=1S/C19H23N3O2/c1-15(18-4-2-3-9-20-18)21-10-12-22(13-11-21)19(24)14-16-5-7-17(23)8-6-16/h2-9,15,23H,10-14H2,1H3. The van der Waals surface area contributed by atoms with Crippen molar-refractivity contribution in [2.45, 2.75) is 19.4 Å². The molecule has 1 N–H and O–H groups in total. The van der Waals surface area contributed by atoms with Crippen molar-refractivity contribution in [1.29, 1.82) is 0 Å². The molecule has 0 radical (unpaired) electrons. The molecule has 0 aliphatic carbocycles. The summed E-state index contributed by atoms with van der Waals surface area (Å²) in [5.41, 5.74) is 2.00. The van der Waals surface area contributed by atoms with Gasteiger partial charge in [0.2, 0.25) is 5.91 Å². The summed E-state index contributed by atoms with van der Waals surface area (Å²) in [5.74, 6) is 0.370. The van der Waals surface area contributed by atoms with Crippen LogP contribution in [0.4, 0.5) is 0 Å². The second-order valence-electron chi connectivity index (χ2n) is 6.19. The van der Waals surface area contributed by atoms with E-state index in [1.807, 2.05) is 29.3 Å². The minimum absolute atomic E-state index is 0.144. The summed E-state index contributed by atoms with van der Waals surface area (Å²) in [6, 6.07) is 13.1. The van der Waals surface area contributed by atoms with E-state index in [9.17, 15) is 9.90 Å². The molecule has 2 aromatic rings. The van der Waals surface area contributed by atoms with E-state index < -0.39 is 0 Å². The number of nitrogens with zero attached hydrogens (tertiary/aromatic N) is 3. The van der Waals surface area contributed by atoms with Crippen molar-refractivity contribution in [3.63, 3.8) is 0 Å². The Balaban J connectivity index is 1.53. The number of phenols is 1. The number of hydrogen-bond acceptors (Lipinski definition) is 4. The number of phenolic OH excluding ortho intramolecular Hbond substituents is 1. The number of piperazine rings is 1. The molecule has 1 aliphatic rings. The van der Waals surface area contributed by atoms with Crippen LogP contribution in [-0.2, 0) is 11.2 Å². The summed E-state index contributed by atoms with van der Waals surface area (Å²) < 4.78 is 0. The van der Waals surface area contributed by atoms with E-state index in [1.54, 1.807) is 24.3 Å². The largest absolute Gasteiger partial charge is 0.508 e. The van der Waals surface area contributed by atoms with Crippen LogP contribution in [0.5, 0.6) is 5.75 Å². The Kier molecular flexibility index (Phi) is 5.11. The van der Waals surface area contributed by atoms with Crippen LogP contribution >= 0.6 is 0 Å². The Morgan fingerprint density at radius 2 is 1.83 bits per heavy atom. The van der Waals surface area contributed by atoms with Gasteiger partial charge in [0.15, 0.2) is 0 Å². The molecule has 1 atom stereocenters. The van der Waals surface area contributed by atoms with Gasteiger partial charge < -0.3 is 10.0 Å². The van der Waals surface area contributed by atoms with E-state index in [2.05, 4.69) is 16.8 Å². The summed E-state index contributed by atoms with van der Waals surface area (Å²) in [6.45, 7) is 5.37. The van der Waals surface area contributed by atoms with Gasteiger partial charge in [-0.2, -0.15) is 0 Å². The van der Waals surface area contributed by atoms with Gasteiger partial charge >= 0.3 is 0 Å². The lowest BCUT2D eigenvalue weighted by atomic mass is 10.1. The van der Waals surface area contributed by atoms with E-state index in [1.165, 1.54) is 0 Å². The molecule has 0 spiro atoms. The summed E-state index contributed by atoms with van der Waals surface area (Å²) in [6.07, 6.45) is 2.21. The zero-order chi connectivity index (χ0) is 16.9. The number of carbonyl (C=O) groups excluding carboxylic acids is 1. The highest BCUT2D eigenvalue weighted by molar-refractivity contribution is 5.78. The van der Waals surface area contributed by atoms with Crippen molar-refractivity contribution in [3.05, 3.63) is 59.9 Å². The molecule has 1 amide bonds. The van der Waals surface area contributed by atoms with Crippen molar-refractivity contribution in [2.24, 2.45) is 0 Å². The summed E-state index contributed by atoms with van der Waals surface area (Å²) >= 11 is 0. The van der Waals surface area contributed by atoms with Crippen LogP contribution in [0.1, 0.15) is 24.2 Å². The molecule has 2 heterocycles. The second-order valence-corrected chi connectivity index (χ2v) is 6.19. The van der Waals surface area contributed by atoms with Gasteiger partial charge in [0.1, 0.15) is 5.75 Å². The second kappa shape index (κ2) is 7.45. The number of carbonyl (C=O) groups is 1. The van der Waals surface area contributed by atoms with Crippen LogP contribution in [0.15, 0.2) is 48.7 Å². The van der Waals surface area contributed by atoms with Crippen molar-refractivity contribution in [2.75, 3.05) is 26.2 Å². The molecular formula is C19H23N3O2. The van der Waals surface area contributed by atoms with E-state index in [0.29, 0.717) is 6.42 Å². The van der Waals surface area contributed by atoms with Crippen LogP contribution in [0.3, 0.4) is 0 Å². The predicted octanol–water partition coefficient (Wildman–Crippen LogP) is 2.24. The zero-order valence-corrected chi connectivity index (χ0v) is 13.9. The van der Waals surface area contributed by atoms with Gasteiger partial charge in [-0.3, -0.25) is 14.7 Å². The number of hydrogen-bond donors (Lipinski definition) is 1. The van der Waals surface area contributed by atoms with Crippen molar-refractivity contribution in [1.82, 2.24) is 14.8 Å². The fraction of sp³-hybridized carbons (Fsp3) is 0.368. The maximum Gasteiger partial charge on any atom is 0.227 e. The topological polar surface area (TPSA) is 56.7 Å². The molecule has 1 aliphatic heterocycles. The molecular weight excluding hydrogens is 302 g/mol. The van der Waals surface area contributed by atoms with E-state index in [-0.39, 0.29) is 17.7 Å². The Hall–Kier alpha value is -2.40. The third-order valence-electron chi connectivity index (χ3n) is 4.62. The third kappa shape index (κ3) is 3.92. The number of aromatic nitrogens is 1. The van der Waals surface area contributed by atoms with E-state index >= 15 is 0 Å². The first-order valence-electron chi connectivity index (χ1n) is 8.34. The van der Waals surface area contributed by atoms with Crippen LogP contribution in [0, 0.1) is 0 Å². The summed E-state index contributed by atoms with van der Waals surface area (Å²) in [7, 11) is 0. The maximum absolute atomic E-state index is 12.4.